The van der Waals surface area contributed by atoms with E-state index in [9.17, 15) is 8.42 Å². The molecule has 2 rings (SSSR count). The first-order valence-electron chi connectivity index (χ1n) is 5.49. The van der Waals surface area contributed by atoms with Crippen LogP contribution >= 0.6 is 22.9 Å². The van der Waals surface area contributed by atoms with E-state index in [0.29, 0.717) is 11.4 Å². The Morgan fingerprint density at radius 2 is 2.16 bits per heavy atom. The predicted octanol–water partition coefficient (Wildman–Crippen LogP) is 2.68. The van der Waals surface area contributed by atoms with Gasteiger partial charge in [0.15, 0.2) is 8.68 Å². The van der Waals surface area contributed by atoms with Gasteiger partial charge in [-0.05, 0) is 20.8 Å². The third-order valence-electron chi connectivity index (χ3n) is 2.35. The summed E-state index contributed by atoms with van der Waals surface area (Å²) in [5.41, 5.74) is 0.802. The molecular formula is C10H13ClN4O2S2. The zero-order chi connectivity index (χ0) is 14.2. The standard InChI is InChI=1S/C10H13ClN4O2S2/c1-6(2)15-5-8(4-12-15)14-19(16,17)9-7(3)13-10(11)18-9/h4-6,14H,1-3H3. The average molecular weight is 321 g/mol. The van der Waals surface area contributed by atoms with Gasteiger partial charge in [0.1, 0.15) is 0 Å². The second kappa shape index (κ2) is 5.10. The summed E-state index contributed by atoms with van der Waals surface area (Å²) in [6, 6.07) is 0.165. The predicted molar refractivity (Wildman–Crippen MR) is 75.3 cm³/mol. The third-order valence-corrected chi connectivity index (χ3v) is 5.61. The van der Waals surface area contributed by atoms with Crippen molar-refractivity contribution in [2.45, 2.75) is 31.0 Å². The van der Waals surface area contributed by atoms with Gasteiger partial charge >= 0.3 is 0 Å². The number of hydrogen-bond acceptors (Lipinski definition) is 5. The van der Waals surface area contributed by atoms with E-state index in [2.05, 4.69) is 14.8 Å². The van der Waals surface area contributed by atoms with Gasteiger partial charge in [0.25, 0.3) is 10.0 Å². The van der Waals surface area contributed by atoms with E-state index < -0.39 is 10.0 Å². The van der Waals surface area contributed by atoms with E-state index in [4.69, 9.17) is 11.6 Å². The van der Waals surface area contributed by atoms with Gasteiger partial charge in [-0.3, -0.25) is 9.40 Å². The Kier molecular flexibility index (Phi) is 3.84. The number of sulfonamides is 1. The molecule has 1 N–H and O–H groups in total. The van der Waals surface area contributed by atoms with E-state index in [1.54, 1.807) is 17.8 Å². The zero-order valence-corrected chi connectivity index (χ0v) is 13.0. The van der Waals surface area contributed by atoms with Gasteiger partial charge in [-0.25, -0.2) is 13.4 Å². The summed E-state index contributed by atoms with van der Waals surface area (Å²) in [6.45, 7) is 5.52. The molecule has 0 atom stereocenters. The monoisotopic (exact) mass is 320 g/mol. The molecule has 0 saturated carbocycles. The molecule has 0 aromatic carbocycles. The van der Waals surface area contributed by atoms with Crippen molar-refractivity contribution in [3.63, 3.8) is 0 Å². The number of anilines is 1. The van der Waals surface area contributed by atoms with Crippen LogP contribution in [0, 0.1) is 6.92 Å². The molecule has 0 radical (unpaired) electrons. The van der Waals surface area contributed by atoms with Crippen LogP contribution in [-0.2, 0) is 10.0 Å². The summed E-state index contributed by atoms with van der Waals surface area (Å²) < 4.78 is 28.8. The Morgan fingerprint density at radius 1 is 1.47 bits per heavy atom. The smallest absolute Gasteiger partial charge is 0.273 e. The van der Waals surface area contributed by atoms with Crippen LogP contribution in [0.3, 0.4) is 0 Å². The molecular weight excluding hydrogens is 308 g/mol. The Bertz CT molecular complexity index is 690. The Labute approximate surface area is 120 Å². The van der Waals surface area contributed by atoms with Crippen LogP contribution in [0.5, 0.6) is 0 Å². The highest BCUT2D eigenvalue weighted by Gasteiger charge is 2.22. The molecule has 0 saturated heterocycles. The van der Waals surface area contributed by atoms with Gasteiger partial charge in [0.2, 0.25) is 0 Å². The van der Waals surface area contributed by atoms with Crippen molar-refractivity contribution in [3.05, 3.63) is 22.6 Å². The number of nitrogens with zero attached hydrogens (tertiary/aromatic N) is 3. The molecule has 104 valence electrons. The van der Waals surface area contributed by atoms with E-state index in [1.807, 2.05) is 13.8 Å². The SMILES string of the molecule is Cc1nc(Cl)sc1S(=O)(=O)Nc1cnn(C(C)C)c1. The lowest BCUT2D eigenvalue weighted by Gasteiger charge is -2.05. The lowest BCUT2D eigenvalue weighted by Crippen LogP contribution is -2.12. The minimum absolute atomic E-state index is 0.120. The summed E-state index contributed by atoms with van der Waals surface area (Å²) in [5, 5.41) is 4.07. The summed E-state index contributed by atoms with van der Waals surface area (Å²) in [6.07, 6.45) is 3.11. The normalized spacial score (nSPS) is 12.1. The van der Waals surface area contributed by atoms with Crippen LogP contribution in [0.4, 0.5) is 5.69 Å². The fourth-order valence-corrected chi connectivity index (χ4v) is 4.24. The number of rotatable bonds is 4. The number of aryl methyl sites for hydroxylation is 1. The van der Waals surface area contributed by atoms with Gasteiger partial charge in [-0.2, -0.15) is 5.10 Å². The first-order chi connectivity index (χ1) is 8.79. The highest BCUT2D eigenvalue weighted by molar-refractivity contribution is 7.94. The molecule has 0 unspecified atom stereocenters. The number of aromatic nitrogens is 3. The van der Waals surface area contributed by atoms with Crippen LogP contribution in [0.25, 0.3) is 0 Å². The first-order valence-corrected chi connectivity index (χ1v) is 8.17. The van der Waals surface area contributed by atoms with E-state index in [1.165, 1.54) is 6.20 Å². The maximum Gasteiger partial charge on any atom is 0.273 e. The summed E-state index contributed by atoms with van der Waals surface area (Å²) in [7, 11) is -3.67. The highest BCUT2D eigenvalue weighted by Crippen LogP contribution is 2.28. The number of hydrogen-bond donors (Lipinski definition) is 1. The summed E-state index contributed by atoms with van der Waals surface area (Å²) >= 11 is 6.65. The van der Waals surface area contributed by atoms with Crippen LogP contribution in [-0.4, -0.2) is 23.2 Å². The lowest BCUT2D eigenvalue weighted by molar-refractivity contribution is 0.532. The van der Waals surface area contributed by atoms with Gasteiger partial charge in [0.05, 0.1) is 17.6 Å². The molecule has 9 heteroatoms. The second-order valence-corrected chi connectivity index (χ2v) is 7.71. The Morgan fingerprint density at radius 3 is 2.63 bits per heavy atom. The molecule has 2 aromatic heterocycles. The second-order valence-electron chi connectivity index (χ2n) is 4.25. The van der Waals surface area contributed by atoms with Gasteiger partial charge in [0, 0.05) is 12.2 Å². The van der Waals surface area contributed by atoms with Crippen molar-refractivity contribution in [2.24, 2.45) is 0 Å². The fraction of sp³-hybridized carbons (Fsp3) is 0.400. The van der Waals surface area contributed by atoms with Gasteiger partial charge < -0.3 is 0 Å². The minimum atomic E-state index is -3.67. The van der Waals surface area contributed by atoms with Crippen molar-refractivity contribution in [1.82, 2.24) is 14.8 Å². The highest BCUT2D eigenvalue weighted by atomic mass is 35.5. The first kappa shape index (κ1) is 14.3. The van der Waals surface area contributed by atoms with Crippen molar-refractivity contribution < 1.29 is 8.42 Å². The minimum Gasteiger partial charge on any atom is -0.276 e. The maximum absolute atomic E-state index is 12.2. The molecule has 0 amide bonds. The topological polar surface area (TPSA) is 76.9 Å². The summed E-state index contributed by atoms with van der Waals surface area (Å²) in [4.78, 5) is 3.90. The Hall–Kier alpha value is -1.12. The van der Waals surface area contributed by atoms with Crippen molar-refractivity contribution >= 4 is 38.6 Å². The van der Waals surface area contributed by atoms with Gasteiger partial charge in [-0.1, -0.05) is 22.9 Å². The molecule has 19 heavy (non-hydrogen) atoms. The molecule has 6 nitrogen and oxygen atoms in total. The van der Waals surface area contributed by atoms with Crippen LogP contribution in [0.1, 0.15) is 25.6 Å². The number of thiazole rings is 1. The molecule has 0 aliphatic heterocycles. The molecule has 2 aromatic rings. The van der Waals surface area contributed by atoms with Gasteiger partial charge in [-0.15, -0.1) is 0 Å². The van der Waals surface area contributed by atoms with Crippen LogP contribution < -0.4 is 4.72 Å². The fourth-order valence-electron chi connectivity index (χ4n) is 1.47. The van der Waals surface area contributed by atoms with E-state index >= 15 is 0 Å². The van der Waals surface area contributed by atoms with Crippen LogP contribution in [0.2, 0.25) is 4.47 Å². The van der Waals surface area contributed by atoms with Crippen molar-refractivity contribution in [3.8, 4) is 0 Å². The number of nitrogens with one attached hydrogen (secondary N) is 1. The third kappa shape index (κ3) is 3.07. The van der Waals surface area contributed by atoms with Crippen LogP contribution in [0.15, 0.2) is 16.6 Å². The van der Waals surface area contributed by atoms with Crippen molar-refractivity contribution in [2.75, 3.05) is 4.72 Å². The zero-order valence-electron chi connectivity index (χ0n) is 10.6. The van der Waals surface area contributed by atoms with E-state index in [0.717, 1.165) is 11.3 Å². The molecule has 0 spiro atoms. The largest absolute Gasteiger partial charge is 0.276 e. The van der Waals surface area contributed by atoms with E-state index in [-0.39, 0.29) is 14.7 Å². The molecule has 0 aliphatic carbocycles. The molecule has 0 bridgehead atoms. The summed E-state index contributed by atoms with van der Waals surface area (Å²) in [5.74, 6) is 0. The number of halogens is 1. The Balaban J connectivity index is 2.28. The maximum atomic E-state index is 12.2. The quantitative estimate of drug-likeness (QED) is 0.939. The molecule has 2 heterocycles. The van der Waals surface area contributed by atoms with Crippen molar-refractivity contribution in [1.29, 1.82) is 0 Å². The molecule has 0 fully saturated rings. The average Bonchev–Trinajstić information content (AvgIpc) is 2.85. The molecule has 0 aliphatic rings. The lowest BCUT2D eigenvalue weighted by atomic mass is 10.4.